The molecule has 27 heavy (non-hydrogen) atoms. The number of carbonyl (C=O) groups excluding carboxylic acids is 2. The monoisotopic (exact) mass is 375 g/mol. The minimum atomic E-state index is -0.531. The Morgan fingerprint density at radius 2 is 1.93 bits per heavy atom. The molecule has 0 N–H and O–H groups in total. The van der Waals surface area contributed by atoms with Gasteiger partial charge in [-0.25, -0.2) is 4.79 Å². The molecule has 1 heterocycles. The lowest BCUT2D eigenvalue weighted by molar-refractivity contribution is -0.138. The van der Waals surface area contributed by atoms with Crippen LogP contribution in [0.1, 0.15) is 19.4 Å². The molecule has 1 aliphatic heterocycles. The normalized spacial score (nSPS) is 15.5. The molecule has 1 aromatic carbocycles. The summed E-state index contributed by atoms with van der Waals surface area (Å²) in [6.07, 6.45) is 1.63. The smallest absolute Gasteiger partial charge is 0.340 e. The number of benzene rings is 1. The predicted octanol–water partition coefficient (Wildman–Crippen LogP) is 2.41. The Hall–Kier alpha value is -2.80. The number of hydrogen-bond donors (Lipinski definition) is 0. The van der Waals surface area contributed by atoms with Gasteiger partial charge in [0.1, 0.15) is 11.5 Å². The number of allylic oxidation sites excluding steroid dienone is 1. The zero-order valence-electron chi connectivity index (χ0n) is 16.3. The Kier molecular flexibility index (Phi) is 7.01. The van der Waals surface area contributed by atoms with Crippen molar-refractivity contribution in [3.05, 3.63) is 40.6 Å². The van der Waals surface area contributed by atoms with Crippen LogP contribution in [-0.2, 0) is 19.1 Å². The van der Waals surface area contributed by atoms with Crippen molar-refractivity contribution in [3.63, 3.8) is 0 Å². The molecular formula is C20H25NO6. The lowest BCUT2D eigenvalue weighted by atomic mass is 10.0. The van der Waals surface area contributed by atoms with E-state index in [9.17, 15) is 9.59 Å². The first kappa shape index (κ1) is 20.5. The second kappa shape index (κ2) is 9.23. The average molecular weight is 375 g/mol. The van der Waals surface area contributed by atoms with Gasteiger partial charge in [0, 0.05) is 24.9 Å². The number of hydrogen-bond acceptors (Lipinski definition) is 6. The van der Waals surface area contributed by atoms with Crippen LogP contribution in [-0.4, -0.2) is 57.9 Å². The van der Waals surface area contributed by atoms with Gasteiger partial charge >= 0.3 is 5.97 Å². The van der Waals surface area contributed by atoms with Crippen molar-refractivity contribution in [1.82, 2.24) is 4.90 Å². The van der Waals surface area contributed by atoms with Crippen LogP contribution in [0, 0.1) is 0 Å². The van der Waals surface area contributed by atoms with Crippen LogP contribution in [0.25, 0.3) is 6.08 Å². The van der Waals surface area contributed by atoms with E-state index in [1.807, 2.05) is 0 Å². The largest absolute Gasteiger partial charge is 0.497 e. The first-order valence-corrected chi connectivity index (χ1v) is 8.61. The van der Waals surface area contributed by atoms with Gasteiger partial charge in [0.05, 0.1) is 38.6 Å². The Morgan fingerprint density at radius 3 is 2.52 bits per heavy atom. The van der Waals surface area contributed by atoms with E-state index in [1.54, 1.807) is 59.5 Å². The first-order chi connectivity index (χ1) is 13.0. The van der Waals surface area contributed by atoms with Gasteiger partial charge in [0.15, 0.2) is 0 Å². The fourth-order valence-corrected chi connectivity index (χ4v) is 2.89. The predicted molar refractivity (Wildman–Crippen MR) is 100 cm³/mol. The van der Waals surface area contributed by atoms with E-state index in [-0.39, 0.29) is 23.7 Å². The molecule has 0 atom stereocenters. The van der Waals surface area contributed by atoms with Crippen LogP contribution in [0.5, 0.6) is 11.5 Å². The molecule has 0 bridgehead atoms. The van der Waals surface area contributed by atoms with E-state index in [0.29, 0.717) is 35.9 Å². The summed E-state index contributed by atoms with van der Waals surface area (Å²) in [5.74, 6) is 0.365. The summed E-state index contributed by atoms with van der Waals surface area (Å²) in [5.41, 5.74) is 1.68. The molecule has 0 radical (unpaired) electrons. The van der Waals surface area contributed by atoms with E-state index in [2.05, 4.69) is 0 Å². The maximum absolute atomic E-state index is 13.0. The van der Waals surface area contributed by atoms with E-state index < -0.39 is 5.97 Å². The van der Waals surface area contributed by atoms with Gasteiger partial charge in [-0.1, -0.05) is 0 Å². The molecular weight excluding hydrogens is 350 g/mol. The average Bonchev–Trinajstić information content (AvgIpc) is 2.90. The molecule has 0 unspecified atom stereocenters. The minimum absolute atomic E-state index is 0.220. The minimum Gasteiger partial charge on any atom is -0.497 e. The van der Waals surface area contributed by atoms with Gasteiger partial charge in [-0.15, -0.1) is 0 Å². The maximum atomic E-state index is 13.0. The van der Waals surface area contributed by atoms with Crippen molar-refractivity contribution < 1.29 is 28.5 Å². The third-order valence-corrected chi connectivity index (χ3v) is 4.25. The van der Waals surface area contributed by atoms with Gasteiger partial charge < -0.3 is 23.8 Å². The van der Waals surface area contributed by atoms with Gasteiger partial charge in [-0.05, 0) is 38.1 Å². The number of rotatable bonds is 8. The van der Waals surface area contributed by atoms with Crippen molar-refractivity contribution in [1.29, 1.82) is 0 Å². The molecule has 0 spiro atoms. The number of nitrogens with zero attached hydrogens (tertiary/aromatic N) is 1. The summed E-state index contributed by atoms with van der Waals surface area (Å²) in [5, 5.41) is 0. The van der Waals surface area contributed by atoms with Gasteiger partial charge in [-0.2, -0.15) is 0 Å². The fourth-order valence-electron chi connectivity index (χ4n) is 2.89. The standard InChI is InChI=1S/C20H25NO6/c1-6-27-20(23)18-13(2)21(9-10-24-3)19(22)16(18)12-14-11-15(25-4)7-8-17(14)26-5/h7-8,11-12H,6,9-10H2,1-5H3. The summed E-state index contributed by atoms with van der Waals surface area (Å²) >= 11 is 0. The van der Waals surface area contributed by atoms with Crippen molar-refractivity contribution in [2.24, 2.45) is 0 Å². The van der Waals surface area contributed by atoms with Crippen molar-refractivity contribution in [2.75, 3.05) is 41.1 Å². The molecule has 0 aromatic heterocycles. The first-order valence-electron chi connectivity index (χ1n) is 8.61. The quantitative estimate of drug-likeness (QED) is 0.513. The van der Waals surface area contributed by atoms with Crippen LogP contribution in [0.2, 0.25) is 0 Å². The van der Waals surface area contributed by atoms with E-state index in [4.69, 9.17) is 18.9 Å². The molecule has 7 nitrogen and oxygen atoms in total. The van der Waals surface area contributed by atoms with Crippen LogP contribution in [0.3, 0.4) is 0 Å². The zero-order valence-corrected chi connectivity index (χ0v) is 16.3. The molecule has 0 saturated carbocycles. The second-order valence-corrected chi connectivity index (χ2v) is 5.80. The van der Waals surface area contributed by atoms with Crippen molar-refractivity contribution in [2.45, 2.75) is 13.8 Å². The van der Waals surface area contributed by atoms with Gasteiger partial charge in [0.2, 0.25) is 0 Å². The summed E-state index contributed by atoms with van der Waals surface area (Å²) in [6.45, 7) is 4.37. The van der Waals surface area contributed by atoms with Crippen LogP contribution in [0.15, 0.2) is 35.0 Å². The lowest BCUT2D eigenvalue weighted by Gasteiger charge is -2.17. The van der Waals surface area contributed by atoms with Crippen LogP contribution in [0.4, 0.5) is 0 Å². The molecule has 0 saturated heterocycles. The number of amides is 1. The van der Waals surface area contributed by atoms with Crippen molar-refractivity contribution >= 4 is 18.0 Å². The number of methoxy groups -OCH3 is 3. The highest BCUT2D eigenvalue weighted by Crippen LogP contribution is 2.34. The summed E-state index contributed by atoms with van der Waals surface area (Å²) < 4.78 is 20.9. The highest BCUT2D eigenvalue weighted by Gasteiger charge is 2.37. The third-order valence-electron chi connectivity index (χ3n) is 4.25. The molecule has 1 amide bonds. The van der Waals surface area contributed by atoms with Crippen LogP contribution >= 0.6 is 0 Å². The lowest BCUT2D eigenvalue weighted by Crippen LogP contribution is -2.28. The third kappa shape index (κ3) is 4.31. The molecule has 7 heteroatoms. The summed E-state index contributed by atoms with van der Waals surface area (Å²) in [4.78, 5) is 27.0. The zero-order chi connectivity index (χ0) is 20.0. The van der Waals surface area contributed by atoms with Gasteiger partial charge in [-0.3, -0.25) is 4.79 Å². The molecule has 146 valence electrons. The SMILES string of the molecule is CCOC(=O)C1=C(C)N(CCOC)C(=O)C1=Cc1cc(OC)ccc1OC. The summed E-state index contributed by atoms with van der Waals surface area (Å²) in [7, 11) is 4.66. The Labute approximate surface area is 159 Å². The van der Waals surface area contributed by atoms with E-state index in [1.165, 1.54) is 4.90 Å². The highest BCUT2D eigenvalue weighted by molar-refractivity contribution is 6.16. The number of esters is 1. The Balaban J connectivity index is 2.56. The molecule has 1 aliphatic rings. The number of carbonyl (C=O) groups is 2. The highest BCUT2D eigenvalue weighted by atomic mass is 16.5. The Morgan fingerprint density at radius 1 is 1.19 bits per heavy atom. The Bertz CT molecular complexity index is 781. The molecule has 1 aromatic rings. The molecule has 0 aliphatic carbocycles. The summed E-state index contributed by atoms with van der Waals surface area (Å²) in [6, 6.07) is 5.25. The fraction of sp³-hybridized carbons (Fsp3) is 0.400. The maximum Gasteiger partial charge on any atom is 0.340 e. The van der Waals surface area contributed by atoms with Crippen molar-refractivity contribution in [3.8, 4) is 11.5 Å². The van der Waals surface area contributed by atoms with Crippen LogP contribution < -0.4 is 9.47 Å². The van der Waals surface area contributed by atoms with E-state index >= 15 is 0 Å². The number of ether oxygens (including phenoxy) is 4. The van der Waals surface area contributed by atoms with E-state index in [0.717, 1.165) is 0 Å². The molecule has 0 fully saturated rings. The molecule has 2 rings (SSSR count). The van der Waals surface area contributed by atoms with Gasteiger partial charge in [0.25, 0.3) is 5.91 Å². The topological polar surface area (TPSA) is 74.3 Å². The second-order valence-electron chi connectivity index (χ2n) is 5.80.